The van der Waals surface area contributed by atoms with Crippen molar-refractivity contribution in [1.82, 2.24) is 0 Å². The third-order valence-corrected chi connectivity index (χ3v) is 6.75. The van der Waals surface area contributed by atoms with Gasteiger partial charge in [0.2, 0.25) is 0 Å². The third-order valence-electron chi connectivity index (χ3n) is 6.75. The first-order valence-corrected chi connectivity index (χ1v) is 11.5. The molecular formula is C19H35N7O12. The molecule has 2 saturated heterocycles. The highest BCUT2D eigenvalue weighted by Gasteiger charge is 2.60. The summed E-state index contributed by atoms with van der Waals surface area (Å²) in [6, 6.07) is -4.46. The van der Waals surface area contributed by atoms with E-state index < -0.39 is 103 Å². The summed E-state index contributed by atoms with van der Waals surface area (Å²) in [4.78, 5) is 19.5. The molecule has 0 bridgehead atoms. The Labute approximate surface area is 215 Å². The number of rotatable bonds is 7. The van der Waals surface area contributed by atoms with Crippen LogP contribution >= 0.6 is 0 Å². The maximum absolute atomic E-state index is 11.9. The van der Waals surface area contributed by atoms with E-state index in [1.807, 2.05) is 0 Å². The molecule has 2 aliphatic heterocycles. The van der Waals surface area contributed by atoms with E-state index in [9.17, 15) is 40.5 Å². The molecule has 3 aliphatic rings. The smallest absolute Gasteiger partial charge is 0.188 e. The lowest BCUT2D eigenvalue weighted by Crippen LogP contribution is -2.66. The molecule has 0 aromatic carbocycles. The maximum Gasteiger partial charge on any atom is 0.188 e. The monoisotopic (exact) mass is 553 g/mol. The third kappa shape index (κ3) is 5.54. The van der Waals surface area contributed by atoms with Gasteiger partial charge in [-0.05, 0) is 6.92 Å². The Bertz CT molecular complexity index is 907. The summed E-state index contributed by atoms with van der Waals surface area (Å²) in [7, 11) is 0. The fourth-order valence-electron chi connectivity index (χ4n) is 4.56. The van der Waals surface area contributed by atoms with Crippen molar-refractivity contribution in [1.29, 1.82) is 0 Å². The van der Waals surface area contributed by atoms with E-state index in [1.165, 1.54) is 6.92 Å². The average molecular weight is 554 g/mol. The molecule has 15 atom stereocenters. The van der Waals surface area contributed by atoms with Crippen molar-refractivity contribution in [3.05, 3.63) is 0 Å². The van der Waals surface area contributed by atoms with Gasteiger partial charge in [-0.1, -0.05) is 0 Å². The van der Waals surface area contributed by atoms with Gasteiger partial charge in [-0.2, -0.15) is 0 Å². The highest BCUT2D eigenvalue weighted by atomic mass is 16.8. The Kier molecular flexibility index (Phi) is 9.13. The van der Waals surface area contributed by atoms with E-state index in [0.717, 1.165) is 0 Å². The molecule has 2 heterocycles. The maximum atomic E-state index is 11.9. The zero-order chi connectivity index (χ0) is 28.7. The molecule has 38 heavy (non-hydrogen) atoms. The average Bonchev–Trinajstić information content (AvgIpc) is 3.08. The van der Waals surface area contributed by atoms with Crippen LogP contribution in [0.25, 0.3) is 0 Å². The van der Waals surface area contributed by atoms with Gasteiger partial charge in [-0.25, -0.2) is 9.98 Å². The topological polar surface area (TPSA) is 350 Å². The van der Waals surface area contributed by atoms with E-state index in [1.54, 1.807) is 0 Å². The predicted octanol–water partition coefficient (Wildman–Crippen LogP) is -8.46. The van der Waals surface area contributed by atoms with Crippen molar-refractivity contribution >= 4 is 18.2 Å². The number of aldehydes is 1. The molecule has 17 N–H and O–H groups in total. The number of ether oxygens (including phenoxy) is 4. The molecule has 1 saturated carbocycles. The molecule has 1 aliphatic carbocycles. The number of hydrogen-bond donors (Lipinski definition) is 12. The largest absolute Gasteiger partial charge is 0.388 e. The highest BCUT2D eigenvalue weighted by molar-refractivity contribution is 5.76. The summed E-state index contributed by atoms with van der Waals surface area (Å²) in [6.45, 7) is 1.28. The Balaban J connectivity index is 1.94. The van der Waals surface area contributed by atoms with Crippen molar-refractivity contribution < 1.29 is 59.5 Å². The quantitative estimate of drug-likeness (QED) is 0.0790. The van der Waals surface area contributed by atoms with Crippen molar-refractivity contribution in [2.45, 2.75) is 98.4 Å². The first kappa shape index (κ1) is 30.3. The fourth-order valence-corrected chi connectivity index (χ4v) is 4.56. The van der Waals surface area contributed by atoms with Crippen LogP contribution in [0.1, 0.15) is 6.92 Å². The van der Waals surface area contributed by atoms with E-state index in [-0.39, 0.29) is 6.29 Å². The minimum atomic E-state index is -2.43. The zero-order valence-corrected chi connectivity index (χ0v) is 20.1. The van der Waals surface area contributed by atoms with E-state index >= 15 is 0 Å². The minimum Gasteiger partial charge on any atom is -0.388 e. The van der Waals surface area contributed by atoms with Gasteiger partial charge in [-0.3, -0.25) is 4.79 Å². The number of aliphatic hydroxyl groups excluding tert-OH is 6. The van der Waals surface area contributed by atoms with Gasteiger partial charge in [0.05, 0.1) is 12.1 Å². The van der Waals surface area contributed by atoms with Crippen molar-refractivity contribution in [3.63, 3.8) is 0 Å². The molecule has 19 nitrogen and oxygen atoms in total. The van der Waals surface area contributed by atoms with Crippen LogP contribution in [0, 0.1) is 0 Å². The number of aliphatic imine (C=N–C) groups is 2. The van der Waals surface area contributed by atoms with Gasteiger partial charge in [0.1, 0.15) is 54.8 Å². The van der Waals surface area contributed by atoms with Crippen LogP contribution < -0.4 is 28.7 Å². The normalized spacial score (nSPS) is 49.3. The number of carbonyl (C=O) groups is 1. The van der Waals surface area contributed by atoms with Crippen molar-refractivity contribution in [2.75, 3.05) is 0 Å². The Morgan fingerprint density at radius 3 is 1.95 bits per heavy atom. The SMILES string of the molecule is C[C@H]1O[C@H](O[C@H]2[C@H](O)[C@@H](O)[C@H](N=C(N)N)[C@@H](O)[C@@H]2N=C(N)N)C(O[C@H]2O[C@H](O)[C@@H](O)[C@H](O)[C@H]2N)[C@]1(O)C=O. The second-order valence-corrected chi connectivity index (χ2v) is 9.32. The summed E-state index contributed by atoms with van der Waals surface area (Å²) < 4.78 is 22.0. The second kappa shape index (κ2) is 11.5. The fraction of sp³-hybridized carbons (Fsp3) is 0.842. The molecule has 0 radical (unpaired) electrons. The van der Waals surface area contributed by atoms with Crippen molar-refractivity contribution in [2.24, 2.45) is 38.7 Å². The molecule has 0 amide bonds. The molecule has 0 aromatic heterocycles. The van der Waals surface area contributed by atoms with Gasteiger partial charge < -0.3 is 83.4 Å². The van der Waals surface area contributed by atoms with Gasteiger partial charge in [0.25, 0.3) is 0 Å². The van der Waals surface area contributed by atoms with Crippen LogP contribution in [0.4, 0.5) is 0 Å². The van der Waals surface area contributed by atoms with Crippen molar-refractivity contribution in [3.8, 4) is 0 Å². The Hall–Kier alpha value is -2.27. The number of aliphatic hydroxyl groups is 7. The van der Waals surface area contributed by atoms with Crippen LogP contribution in [0.3, 0.4) is 0 Å². The Morgan fingerprint density at radius 1 is 0.816 bits per heavy atom. The number of hydrogen-bond acceptors (Lipinski definition) is 15. The summed E-state index contributed by atoms with van der Waals surface area (Å²) in [5.41, 5.74) is 25.0. The lowest BCUT2D eigenvalue weighted by Gasteiger charge is -2.44. The van der Waals surface area contributed by atoms with E-state index in [0.29, 0.717) is 0 Å². The highest BCUT2D eigenvalue weighted by Crippen LogP contribution is 2.38. The summed E-state index contributed by atoms with van der Waals surface area (Å²) in [5, 5.41) is 72.9. The summed E-state index contributed by atoms with van der Waals surface area (Å²) in [6.07, 6.45) is -19.0. The lowest BCUT2D eigenvalue weighted by atomic mass is 9.81. The van der Waals surface area contributed by atoms with Crippen LogP contribution in [0.2, 0.25) is 0 Å². The molecule has 218 valence electrons. The standard InChI is InChI=1S/C19H35N7O12/c1-3-19(34,2-27)13(37-15-4(20)7(28)11(32)14(33)38-15)16(35-3)36-12-6(26-18(23)24)8(29)5(25-17(21)22)9(30)10(12)31/h2-16,28-34H,20H2,1H3,(H4,21,22,25)(H4,23,24,26)/t3-,4-,5-,6+,7-,8-,9+,10-,11+,12-,13?,14+,15+,16-,19+/m1/s1. The van der Waals surface area contributed by atoms with Crippen LogP contribution in [0.5, 0.6) is 0 Å². The van der Waals surface area contributed by atoms with Crippen LogP contribution in [0.15, 0.2) is 9.98 Å². The second-order valence-electron chi connectivity index (χ2n) is 9.32. The van der Waals surface area contributed by atoms with Crippen LogP contribution in [-0.2, 0) is 23.7 Å². The van der Waals surface area contributed by atoms with Gasteiger partial charge >= 0.3 is 0 Å². The lowest BCUT2D eigenvalue weighted by molar-refractivity contribution is -0.340. The number of nitrogens with two attached hydrogens (primary N) is 5. The van der Waals surface area contributed by atoms with E-state index in [2.05, 4.69) is 9.98 Å². The van der Waals surface area contributed by atoms with Crippen LogP contribution in [-0.4, -0.2) is 145 Å². The molecular weight excluding hydrogens is 518 g/mol. The zero-order valence-electron chi connectivity index (χ0n) is 20.1. The summed E-state index contributed by atoms with van der Waals surface area (Å²) in [5.74, 6) is -1.06. The Morgan fingerprint density at radius 2 is 1.39 bits per heavy atom. The number of nitrogens with zero attached hydrogens (tertiary/aromatic N) is 2. The van der Waals surface area contributed by atoms with Gasteiger partial charge in [0.15, 0.2) is 42.7 Å². The molecule has 19 heteroatoms. The van der Waals surface area contributed by atoms with Gasteiger partial charge in [-0.15, -0.1) is 0 Å². The predicted molar refractivity (Wildman–Crippen MR) is 123 cm³/mol. The molecule has 3 rings (SSSR count). The molecule has 3 fully saturated rings. The first-order chi connectivity index (χ1) is 17.6. The number of carbonyl (C=O) groups excluding carboxylic acids is 1. The molecule has 0 spiro atoms. The summed E-state index contributed by atoms with van der Waals surface area (Å²) >= 11 is 0. The van der Waals surface area contributed by atoms with Gasteiger partial charge in [0, 0.05) is 0 Å². The molecule has 0 aromatic rings. The first-order valence-electron chi connectivity index (χ1n) is 11.5. The van der Waals surface area contributed by atoms with E-state index in [4.69, 9.17) is 47.6 Å². The number of guanidine groups is 2. The molecule has 1 unspecified atom stereocenters. The minimum absolute atomic E-state index is 0.0883.